The first-order valence-electron chi connectivity index (χ1n) is 7.23. The molecule has 1 rings (SSSR count). The van der Waals surface area contributed by atoms with Gasteiger partial charge in [0.05, 0.1) is 0 Å². The third kappa shape index (κ3) is 298. The van der Waals surface area contributed by atoms with E-state index >= 15 is 0 Å². The molecule has 135 valence electrons. The van der Waals surface area contributed by atoms with Crippen molar-refractivity contribution in [3.05, 3.63) is 41.5 Å². The zero-order valence-electron chi connectivity index (χ0n) is 16.5. The number of allylic oxidation sites excluding steroid dienone is 4. The smallest absolute Gasteiger partial charge is 4.00 e. The van der Waals surface area contributed by atoms with E-state index in [1.54, 1.807) is 0 Å². The van der Waals surface area contributed by atoms with Crippen LogP contribution in [0.2, 0.25) is 0 Å². The Morgan fingerprint density at radius 2 is 1.00 bits per heavy atom. The molecule has 0 fully saturated rings. The molecular formula is C17H37FGeN3Zr. The number of nitrogens with one attached hydrogen (secondary N) is 3. The van der Waals surface area contributed by atoms with E-state index in [4.69, 9.17) is 17.2 Å². The maximum absolute atomic E-state index is 9.62. The van der Waals surface area contributed by atoms with E-state index in [9.17, 15) is 3.50 Å². The molecule has 0 unspecified atom stereocenters. The van der Waals surface area contributed by atoms with Crippen molar-refractivity contribution < 1.29 is 29.7 Å². The average Bonchev–Trinajstić information content (AvgIpc) is 2.68. The molecule has 0 spiro atoms. The van der Waals surface area contributed by atoms with Crippen LogP contribution in [-0.2, 0) is 26.2 Å². The molecule has 0 aliphatic heterocycles. The van der Waals surface area contributed by atoms with Crippen molar-refractivity contribution in [1.82, 2.24) is 0 Å². The van der Waals surface area contributed by atoms with Crippen molar-refractivity contribution >= 4 is 17.0 Å². The van der Waals surface area contributed by atoms with E-state index in [1.165, 1.54) is 0 Å². The Balaban J connectivity index is -0.0000000595. The van der Waals surface area contributed by atoms with E-state index in [-0.39, 0.29) is 59.8 Å². The summed E-state index contributed by atoms with van der Waals surface area (Å²) in [5.74, 6) is 0. The van der Waals surface area contributed by atoms with Crippen LogP contribution in [0.1, 0.15) is 68.7 Å². The molecule has 0 aromatic heterocycles. The van der Waals surface area contributed by atoms with E-state index < -0.39 is 0 Å². The fourth-order valence-corrected chi connectivity index (χ4v) is 0.340. The van der Waals surface area contributed by atoms with Gasteiger partial charge in [0.2, 0.25) is 0 Å². The first kappa shape index (κ1) is 34.9. The number of rotatable bonds is 0. The second-order valence-corrected chi connectivity index (χ2v) is 7.75. The molecular weight excluding hydrogens is 429 g/mol. The molecule has 6 heteroatoms. The minimum Gasteiger partial charge on any atom is 4.00 e. The molecule has 0 atom stereocenters. The van der Waals surface area contributed by atoms with E-state index in [0.29, 0.717) is 0 Å². The average molecular weight is 466 g/mol. The van der Waals surface area contributed by atoms with Gasteiger partial charge < -0.3 is 17.2 Å². The normalized spacial score (nSPS) is 11.9. The third-order valence-corrected chi connectivity index (χ3v) is 0.586. The van der Waals surface area contributed by atoms with Gasteiger partial charge in [-0.2, -0.15) is 6.08 Å². The van der Waals surface area contributed by atoms with Crippen LogP contribution in [0.25, 0.3) is 17.2 Å². The van der Waals surface area contributed by atoms with Gasteiger partial charge in [0.15, 0.2) is 0 Å². The summed E-state index contributed by atoms with van der Waals surface area (Å²) in [5, 5.41) is 0. The van der Waals surface area contributed by atoms with E-state index in [2.05, 4.69) is 12.2 Å². The summed E-state index contributed by atoms with van der Waals surface area (Å²) in [5.41, 5.74) is 20.1. The molecule has 0 amide bonds. The van der Waals surface area contributed by atoms with Gasteiger partial charge in [0, 0.05) is 0 Å². The quantitative estimate of drug-likeness (QED) is 0.296. The predicted octanol–water partition coefficient (Wildman–Crippen LogP) is 6.32. The Bertz CT molecular complexity index is 219. The van der Waals surface area contributed by atoms with E-state index in [0.717, 1.165) is 6.42 Å². The molecule has 1 aliphatic carbocycles. The Morgan fingerprint density at radius 3 is 1.04 bits per heavy atom. The second kappa shape index (κ2) is 19.0. The van der Waals surface area contributed by atoms with Crippen LogP contribution in [0.4, 0.5) is 3.50 Å². The summed E-state index contributed by atoms with van der Waals surface area (Å²) >= 11 is -0.125. The summed E-state index contributed by atoms with van der Waals surface area (Å²) in [4.78, 5) is 0. The number of halogens is 1. The third-order valence-electron chi connectivity index (χ3n) is 0.586. The van der Waals surface area contributed by atoms with Gasteiger partial charge >= 0.3 is 46.7 Å². The van der Waals surface area contributed by atoms with Gasteiger partial charge in [-0.3, -0.25) is 6.08 Å². The first-order valence-corrected chi connectivity index (χ1v) is 8.36. The topological polar surface area (TPSA) is 71.4 Å². The SMILES string of the molecule is CC(C)(C)[NH-].CC(C)(C)[NH-].CC(C)(C)[NH-].[C-]1=CC=CC1.[F][GeH2].[Zr+4]. The van der Waals surface area contributed by atoms with Crippen LogP contribution in [-0.4, -0.2) is 33.6 Å². The Kier molecular flexibility index (Phi) is 28.9. The van der Waals surface area contributed by atoms with Crippen molar-refractivity contribution in [2.75, 3.05) is 0 Å². The molecule has 0 saturated heterocycles. The Morgan fingerprint density at radius 1 is 0.783 bits per heavy atom. The van der Waals surface area contributed by atoms with Crippen molar-refractivity contribution in [3.8, 4) is 0 Å². The molecule has 0 aromatic carbocycles. The summed E-state index contributed by atoms with van der Waals surface area (Å²) in [6.45, 7) is 16.7. The predicted molar refractivity (Wildman–Crippen MR) is 103 cm³/mol. The summed E-state index contributed by atoms with van der Waals surface area (Å²) < 4.78 is 9.62. The van der Waals surface area contributed by atoms with Gasteiger partial charge in [-0.25, -0.2) is 12.2 Å². The van der Waals surface area contributed by atoms with Gasteiger partial charge in [-0.15, -0.1) is 23.0 Å². The maximum Gasteiger partial charge on any atom is 4.00 e. The Labute approximate surface area is 172 Å². The second-order valence-electron chi connectivity index (χ2n) is 7.75. The van der Waals surface area contributed by atoms with Crippen molar-refractivity contribution in [2.45, 2.75) is 85.4 Å². The van der Waals surface area contributed by atoms with Gasteiger partial charge in [0.25, 0.3) is 0 Å². The molecule has 3 nitrogen and oxygen atoms in total. The van der Waals surface area contributed by atoms with Crippen LogP contribution >= 0.6 is 0 Å². The number of hydrogen-bond acceptors (Lipinski definition) is 0. The molecule has 0 heterocycles. The van der Waals surface area contributed by atoms with Crippen LogP contribution < -0.4 is 0 Å². The minimum atomic E-state index is -0.250. The largest absolute Gasteiger partial charge is 4.00 e. The molecule has 3 N–H and O–H groups in total. The molecule has 1 radical (unpaired) electrons. The summed E-state index contributed by atoms with van der Waals surface area (Å²) in [6, 6.07) is 0. The molecule has 0 saturated carbocycles. The van der Waals surface area contributed by atoms with Gasteiger partial charge in [-0.1, -0.05) is 62.3 Å². The van der Waals surface area contributed by atoms with Crippen LogP contribution in [0.3, 0.4) is 0 Å². The molecule has 1 aliphatic rings. The standard InChI is InChI=1S/C5H5.3C4H10N.FGeH2.Zr/c1-2-4-5-3-1;3*1-4(2,3)5;1-2;/h1-3H,4H2;3*5H,1-3H3;2H2;/q4*-1;;+4. The Hall–Kier alpha value is 0.716. The van der Waals surface area contributed by atoms with Crippen LogP contribution in [0.15, 0.2) is 18.2 Å². The molecule has 0 bridgehead atoms. The first-order chi connectivity index (χ1) is 9.50. The van der Waals surface area contributed by atoms with E-state index in [1.807, 2.05) is 74.5 Å². The zero-order chi connectivity index (χ0) is 19.0. The maximum atomic E-state index is 9.62. The van der Waals surface area contributed by atoms with Gasteiger partial charge in [-0.05, 0) is 0 Å². The minimum absolute atomic E-state index is 0. The fourth-order valence-electron chi connectivity index (χ4n) is 0.340. The van der Waals surface area contributed by atoms with Crippen molar-refractivity contribution in [3.63, 3.8) is 0 Å². The summed E-state index contributed by atoms with van der Waals surface area (Å²) in [7, 11) is 0. The molecule has 23 heavy (non-hydrogen) atoms. The van der Waals surface area contributed by atoms with Crippen molar-refractivity contribution in [1.29, 1.82) is 0 Å². The van der Waals surface area contributed by atoms with Gasteiger partial charge in [0.1, 0.15) is 0 Å². The van der Waals surface area contributed by atoms with Crippen LogP contribution in [0, 0.1) is 6.08 Å². The summed E-state index contributed by atoms with van der Waals surface area (Å²) in [6.07, 6.45) is 10.0. The molecule has 0 aromatic rings. The monoisotopic (exact) mass is 466 g/mol. The van der Waals surface area contributed by atoms with Crippen molar-refractivity contribution in [2.24, 2.45) is 0 Å². The van der Waals surface area contributed by atoms with Crippen LogP contribution in [0.5, 0.6) is 0 Å². The zero-order valence-corrected chi connectivity index (χ0v) is 21.9. The fraction of sp³-hybridized carbons (Fsp3) is 0.765. The number of hydrogen-bond donors (Lipinski definition) is 0.